The molecule has 1 rings (SSSR count). The first-order valence-electron chi connectivity index (χ1n) is 4.29. The molecule has 82 valence electrons. The van der Waals surface area contributed by atoms with Crippen molar-refractivity contribution in [2.24, 2.45) is 0 Å². The van der Waals surface area contributed by atoms with Crippen molar-refractivity contribution in [2.75, 3.05) is 0 Å². The number of hydrogen-bond donors (Lipinski definition) is 3. The summed E-state index contributed by atoms with van der Waals surface area (Å²) in [6.45, 7) is 1.73. The average Bonchev–Trinajstić information content (AvgIpc) is 2.20. The lowest BCUT2D eigenvalue weighted by Gasteiger charge is -2.16. The summed E-state index contributed by atoms with van der Waals surface area (Å²) in [6, 6.07) is 4.84. The van der Waals surface area contributed by atoms with Crippen LogP contribution in [-0.4, -0.2) is 27.4 Å². The van der Waals surface area contributed by atoms with Gasteiger partial charge in [-0.05, 0) is 12.5 Å². The lowest BCUT2D eigenvalue weighted by molar-refractivity contribution is -0.153. The molecule has 0 heterocycles. The van der Waals surface area contributed by atoms with Crippen LogP contribution in [0.25, 0.3) is 0 Å². The van der Waals surface area contributed by atoms with Gasteiger partial charge in [0.05, 0.1) is 0 Å². The van der Waals surface area contributed by atoms with E-state index in [1.165, 1.54) is 6.07 Å². The summed E-state index contributed by atoms with van der Waals surface area (Å²) in [5, 5.41) is 27.5. The van der Waals surface area contributed by atoms with Crippen LogP contribution in [0.5, 0.6) is 0 Å². The van der Waals surface area contributed by atoms with Crippen molar-refractivity contribution in [3.63, 3.8) is 0 Å². The van der Waals surface area contributed by atoms with Gasteiger partial charge in [-0.1, -0.05) is 29.8 Å². The lowest BCUT2D eigenvalue weighted by Crippen LogP contribution is -2.27. The fraction of sp³-hybridized carbons (Fsp3) is 0.300. The van der Waals surface area contributed by atoms with Gasteiger partial charge in [-0.15, -0.1) is 0 Å². The van der Waals surface area contributed by atoms with Crippen molar-refractivity contribution >= 4 is 17.6 Å². The van der Waals surface area contributed by atoms with Gasteiger partial charge in [0.2, 0.25) is 0 Å². The molecule has 0 radical (unpaired) electrons. The summed E-state index contributed by atoms with van der Waals surface area (Å²) in [5.41, 5.74) is 0.928. The van der Waals surface area contributed by atoms with E-state index in [1.54, 1.807) is 19.1 Å². The normalized spacial score (nSPS) is 14.7. The Kier molecular flexibility index (Phi) is 3.68. The number of aliphatic carboxylic acids is 1. The number of aryl methyl sites for hydroxylation is 1. The van der Waals surface area contributed by atoms with Crippen molar-refractivity contribution in [3.8, 4) is 0 Å². The highest BCUT2D eigenvalue weighted by Crippen LogP contribution is 2.27. The van der Waals surface area contributed by atoms with Gasteiger partial charge in [-0.25, -0.2) is 4.79 Å². The van der Waals surface area contributed by atoms with Crippen LogP contribution in [0.15, 0.2) is 18.2 Å². The molecule has 3 N–H and O–H groups in total. The second-order valence-corrected chi connectivity index (χ2v) is 3.58. The molecule has 2 atom stereocenters. The lowest BCUT2D eigenvalue weighted by atomic mass is 10.0. The van der Waals surface area contributed by atoms with E-state index in [1.807, 2.05) is 0 Å². The highest BCUT2D eigenvalue weighted by Gasteiger charge is 2.26. The van der Waals surface area contributed by atoms with Crippen LogP contribution in [0.4, 0.5) is 0 Å². The molecule has 2 unspecified atom stereocenters. The number of carboxylic acid groups (broad SMARTS) is 1. The van der Waals surface area contributed by atoms with Crippen LogP contribution in [0, 0.1) is 6.92 Å². The Hall–Kier alpha value is -1.10. The van der Waals surface area contributed by atoms with Crippen molar-refractivity contribution in [1.82, 2.24) is 0 Å². The maximum atomic E-state index is 10.5. The van der Waals surface area contributed by atoms with Crippen molar-refractivity contribution in [2.45, 2.75) is 19.1 Å². The molecule has 0 saturated heterocycles. The van der Waals surface area contributed by atoms with Gasteiger partial charge < -0.3 is 15.3 Å². The fourth-order valence-electron chi connectivity index (χ4n) is 1.20. The topological polar surface area (TPSA) is 77.8 Å². The third-order valence-corrected chi connectivity index (χ3v) is 2.61. The average molecular weight is 231 g/mol. The van der Waals surface area contributed by atoms with Gasteiger partial charge in [0, 0.05) is 10.6 Å². The predicted molar refractivity (Wildman–Crippen MR) is 54.8 cm³/mol. The molecule has 4 nitrogen and oxygen atoms in total. The van der Waals surface area contributed by atoms with Crippen LogP contribution >= 0.6 is 11.6 Å². The van der Waals surface area contributed by atoms with Crippen LogP contribution in [-0.2, 0) is 4.79 Å². The molecule has 0 aliphatic rings. The number of carboxylic acids is 1. The van der Waals surface area contributed by atoms with Crippen molar-refractivity contribution in [3.05, 3.63) is 34.3 Å². The first kappa shape index (κ1) is 12.0. The zero-order chi connectivity index (χ0) is 11.6. The highest BCUT2D eigenvalue weighted by molar-refractivity contribution is 6.32. The summed E-state index contributed by atoms with van der Waals surface area (Å²) in [5.74, 6) is -1.49. The van der Waals surface area contributed by atoms with Crippen LogP contribution in [0.1, 0.15) is 17.2 Å². The van der Waals surface area contributed by atoms with Gasteiger partial charge in [0.1, 0.15) is 6.10 Å². The van der Waals surface area contributed by atoms with E-state index in [2.05, 4.69) is 0 Å². The van der Waals surface area contributed by atoms with Crippen molar-refractivity contribution < 1.29 is 20.1 Å². The molecule has 0 aliphatic heterocycles. The zero-order valence-corrected chi connectivity index (χ0v) is 8.77. The summed E-state index contributed by atoms with van der Waals surface area (Å²) >= 11 is 5.87. The molecule has 15 heavy (non-hydrogen) atoms. The summed E-state index contributed by atoms with van der Waals surface area (Å²) in [7, 11) is 0. The Balaban J connectivity index is 3.06. The Labute approximate surface area is 91.7 Å². The van der Waals surface area contributed by atoms with Gasteiger partial charge >= 0.3 is 5.97 Å². The minimum atomic E-state index is -1.87. The summed E-state index contributed by atoms with van der Waals surface area (Å²) in [6.07, 6.45) is -3.39. The van der Waals surface area contributed by atoms with Gasteiger partial charge in [-0.3, -0.25) is 0 Å². The third kappa shape index (κ3) is 2.47. The number of benzene rings is 1. The van der Waals surface area contributed by atoms with E-state index >= 15 is 0 Å². The van der Waals surface area contributed by atoms with Crippen molar-refractivity contribution in [1.29, 1.82) is 0 Å². The van der Waals surface area contributed by atoms with Crippen LogP contribution in [0.3, 0.4) is 0 Å². The number of rotatable bonds is 3. The molecular weight excluding hydrogens is 220 g/mol. The molecule has 0 fully saturated rings. The van der Waals surface area contributed by atoms with Gasteiger partial charge in [-0.2, -0.15) is 0 Å². The maximum Gasteiger partial charge on any atom is 0.335 e. The van der Waals surface area contributed by atoms with E-state index < -0.39 is 18.2 Å². The fourth-order valence-corrected chi connectivity index (χ4v) is 1.44. The minimum Gasteiger partial charge on any atom is -0.479 e. The largest absolute Gasteiger partial charge is 0.479 e. The third-order valence-electron chi connectivity index (χ3n) is 2.09. The Morgan fingerprint density at radius 3 is 2.53 bits per heavy atom. The number of halogens is 1. The Morgan fingerprint density at radius 2 is 2.00 bits per heavy atom. The molecule has 0 aliphatic carbocycles. The standard InChI is InChI=1S/C10H11ClO4/c1-5-3-2-4-6(7(5)11)8(12)9(13)10(14)15/h2-4,8-9,12-13H,1H3,(H,14,15). The van der Waals surface area contributed by atoms with Crippen LogP contribution < -0.4 is 0 Å². The molecule has 0 bridgehead atoms. The number of carbonyl (C=O) groups is 1. The smallest absolute Gasteiger partial charge is 0.335 e. The second-order valence-electron chi connectivity index (χ2n) is 3.21. The number of hydrogen-bond acceptors (Lipinski definition) is 3. The molecule has 1 aromatic rings. The first-order chi connectivity index (χ1) is 6.95. The monoisotopic (exact) mass is 230 g/mol. The zero-order valence-electron chi connectivity index (χ0n) is 8.01. The van der Waals surface area contributed by atoms with E-state index in [0.29, 0.717) is 5.56 Å². The molecular formula is C10H11ClO4. The minimum absolute atomic E-state index is 0.214. The highest BCUT2D eigenvalue weighted by atomic mass is 35.5. The van der Waals surface area contributed by atoms with Gasteiger partial charge in [0.15, 0.2) is 6.10 Å². The molecule has 0 saturated carbocycles. The molecule has 0 amide bonds. The number of aliphatic hydroxyl groups excluding tert-OH is 2. The maximum absolute atomic E-state index is 10.5. The summed E-state index contributed by atoms with van der Waals surface area (Å²) < 4.78 is 0. The SMILES string of the molecule is Cc1cccc(C(O)C(O)C(=O)O)c1Cl. The predicted octanol–water partition coefficient (Wildman–Crippen LogP) is 1.13. The van der Waals surface area contributed by atoms with E-state index in [9.17, 15) is 9.90 Å². The number of aliphatic hydroxyl groups is 2. The van der Waals surface area contributed by atoms with E-state index in [0.717, 1.165) is 0 Å². The Bertz CT molecular complexity index is 378. The van der Waals surface area contributed by atoms with E-state index in [4.69, 9.17) is 21.8 Å². The second kappa shape index (κ2) is 4.61. The first-order valence-corrected chi connectivity index (χ1v) is 4.67. The molecule has 1 aromatic carbocycles. The Morgan fingerprint density at radius 1 is 1.40 bits per heavy atom. The molecule has 0 aromatic heterocycles. The van der Waals surface area contributed by atoms with E-state index in [-0.39, 0.29) is 10.6 Å². The van der Waals surface area contributed by atoms with Crippen LogP contribution in [0.2, 0.25) is 5.02 Å². The quantitative estimate of drug-likeness (QED) is 0.727. The van der Waals surface area contributed by atoms with Gasteiger partial charge in [0.25, 0.3) is 0 Å². The summed E-state index contributed by atoms with van der Waals surface area (Å²) in [4.78, 5) is 10.5. The molecule has 0 spiro atoms. The molecule has 5 heteroatoms.